The average molecular weight is 361 g/mol. The molecule has 3 rings (SSSR count). The van der Waals surface area contributed by atoms with Gasteiger partial charge in [0.05, 0.1) is 16.3 Å². The first kappa shape index (κ1) is 17.2. The fourth-order valence-corrected chi connectivity index (χ4v) is 4.89. The Hall–Kier alpha value is -1.62. The van der Waals surface area contributed by atoms with Gasteiger partial charge in [-0.25, -0.2) is 0 Å². The van der Waals surface area contributed by atoms with Crippen molar-refractivity contribution in [3.63, 3.8) is 0 Å². The van der Waals surface area contributed by atoms with Crippen molar-refractivity contribution in [1.82, 2.24) is 4.90 Å². The highest BCUT2D eigenvalue weighted by atomic mass is 35.5. The Kier molecular flexibility index (Phi) is 4.81. The fraction of sp³-hybridized carbons (Fsp3) is 0.316. The molecule has 0 atom stereocenters. The van der Waals surface area contributed by atoms with Crippen molar-refractivity contribution in [3.05, 3.63) is 51.4 Å². The fourth-order valence-electron chi connectivity index (χ4n) is 3.31. The molecule has 0 fully saturated rings. The van der Waals surface area contributed by atoms with Gasteiger partial charge in [-0.05, 0) is 48.6 Å². The number of allylic oxidation sites excluding steroid dienone is 3. The number of nitrogens with two attached hydrogens (primary N) is 1. The van der Waals surface area contributed by atoms with Gasteiger partial charge in [0.15, 0.2) is 0 Å². The number of benzene rings is 1. The van der Waals surface area contributed by atoms with E-state index in [0.717, 1.165) is 44.8 Å². The van der Waals surface area contributed by atoms with E-state index in [-0.39, 0.29) is 12.5 Å². The summed E-state index contributed by atoms with van der Waals surface area (Å²) in [6.07, 6.45) is 4.79. The Labute approximate surface area is 151 Å². The quantitative estimate of drug-likeness (QED) is 0.829. The summed E-state index contributed by atoms with van der Waals surface area (Å²) in [5.74, 6) is -0.00487. The average Bonchev–Trinajstić information content (AvgIpc) is 2.98. The Morgan fingerprint density at radius 3 is 2.92 bits per heavy atom. The molecule has 2 aromatic rings. The van der Waals surface area contributed by atoms with Crippen LogP contribution in [-0.2, 0) is 17.8 Å². The molecule has 0 bridgehead atoms. The number of amides is 1. The number of hydrogen-bond donors (Lipinski definition) is 1. The Morgan fingerprint density at radius 2 is 2.29 bits per heavy atom. The maximum atomic E-state index is 12.0. The second kappa shape index (κ2) is 6.71. The summed E-state index contributed by atoms with van der Waals surface area (Å²) >= 11 is 8.35. The second-order valence-corrected chi connectivity index (χ2v) is 7.46. The lowest BCUT2D eigenvalue weighted by atomic mass is 9.94. The third kappa shape index (κ3) is 2.69. The molecule has 1 amide bonds. The zero-order valence-electron chi connectivity index (χ0n) is 14.0. The van der Waals surface area contributed by atoms with Crippen LogP contribution in [0.4, 0.5) is 0 Å². The van der Waals surface area contributed by atoms with Crippen LogP contribution in [-0.4, -0.2) is 23.9 Å². The van der Waals surface area contributed by atoms with Gasteiger partial charge in [-0.15, -0.1) is 11.3 Å². The van der Waals surface area contributed by atoms with Crippen LogP contribution < -0.4 is 5.73 Å². The van der Waals surface area contributed by atoms with Crippen LogP contribution in [0.3, 0.4) is 0 Å². The summed E-state index contributed by atoms with van der Waals surface area (Å²) in [4.78, 5) is 15.2. The zero-order valence-corrected chi connectivity index (χ0v) is 15.6. The van der Waals surface area contributed by atoms with Gasteiger partial charge in [-0.2, -0.15) is 0 Å². The molecule has 24 heavy (non-hydrogen) atoms. The number of fused-ring (bicyclic) bond motifs is 3. The van der Waals surface area contributed by atoms with Crippen LogP contribution in [0, 0.1) is 6.92 Å². The molecule has 5 heteroatoms. The monoisotopic (exact) mass is 360 g/mol. The van der Waals surface area contributed by atoms with Gasteiger partial charge in [-0.1, -0.05) is 30.3 Å². The summed E-state index contributed by atoms with van der Waals surface area (Å²) in [6, 6.07) is 2.12. The Morgan fingerprint density at radius 1 is 1.54 bits per heavy atom. The van der Waals surface area contributed by atoms with E-state index in [4.69, 9.17) is 17.3 Å². The van der Waals surface area contributed by atoms with Crippen molar-refractivity contribution in [2.75, 3.05) is 13.1 Å². The molecule has 0 unspecified atom stereocenters. The molecular weight excluding hydrogens is 340 g/mol. The number of carbonyl (C=O) groups excluding carboxylic acids is 1. The first-order valence-electron chi connectivity index (χ1n) is 8.02. The third-order valence-electron chi connectivity index (χ3n) is 4.59. The van der Waals surface area contributed by atoms with E-state index < -0.39 is 0 Å². The first-order valence-corrected chi connectivity index (χ1v) is 9.21. The largest absolute Gasteiger partial charge is 0.337 e. The van der Waals surface area contributed by atoms with E-state index in [0.29, 0.717) is 6.54 Å². The second-order valence-electron chi connectivity index (χ2n) is 5.98. The van der Waals surface area contributed by atoms with Crippen LogP contribution in [0.5, 0.6) is 0 Å². The van der Waals surface area contributed by atoms with Gasteiger partial charge in [0.1, 0.15) is 0 Å². The van der Waals surface area contributed by atoms with E-state index in [2.05, 4.69) is 18.7 Å². The lowest BCUT2D eigenvalue weighted by Gasteiger charge is -2.27. The minimum Gasteiger partial charge on any atom is -0.337 e. The first-order chi connectivity index (χ1) is 11.5. The van der Waals surface area contributed by atoms with Crippen molar-refractivity contribution >= 4 is 44.5 Å². The van der Waals surface area contributed by atoms with Crippen molar-refractivity contribution in [2.24, 2.45) is 5.73 Å². The SMILES string of the molecule is C=C/C(=C\C)c1cc(C)c(Cl)c2sc3c(c12)CN(C(=O)CN)CC3. The van der Waals surface area contributed by atoms with E-state index in [1.54, 1.807) is 11.3 Å². The molecule has 126 valence electrons. The van der Waals surface area contributed by atoms with Gasteiger partial charge in [0.25, 0.3) is 0 Å². The maximum Gasteiger partial charge on any atom is 0.236 e. The van der Waals surface area contributed by atoms with Crippen molar-refractivity contribution in [2.45, 2.75) is 26.8 Å². The molecule has 3 nitrogen and oxygen atoms in total. The number of halogens is 1. The summed E-state index contributed by atoms with van der Waals surface area (Å²) in [5.41, 5.74) is 10.0. The summed E-state index contributed by atoms with van der Waals surface area (Å²) in [5, 5.41) is 1.97. The predicted molar refractivity (Wildman–Crippen MR) is 104 cm³/mol. The van der Waals surface area contributed by atoms with Gasteiger partial charge in [-0.3, -0.25) is 4.79 Å². The van der Waals surface area contributed by atoms with Crippen LogP contribution in [0.1, 0.15) is 28.5 Å². The normalized spacial score (nSPS) is 14.8. The van der Waals surface area contributed by atoms with Gasteiger partial charge >= 0.3 is 0 Å². The Balaban J connectivity index is 2.27. The summed E-state index contributed by atoms with van der Waals surface area (Å²) < 4.78 is 1.11. The zero-order chi connectivity index (χ0) is 17.4. The molecule has 0 saturated carbocycles. The maximum absolute atomic E-state index is 12.0. The highest BCUT2D eigenvalue weighted by Crippen LogP contribution is 2.44. The van der Waals surface area contributed by atoms with E-state index >= 15 is 0 Å². The van der Waals surface area contributed by atoms with E-state index in [1.165, 1.54) is 10.4 Å². The molecule has 0 saturated heterocycles. The Bertz CT molecular complexity index is 866. The number of rotatable bonds is 3. The molecule has 1 aromatic heterocycles. The number of carbonyl (C=O) groups is 1. The highest BCUT2D eigenvalue weighted by Gasteiger charge is 2.26. The molecule has 1 aliphatic heterocycles. The lowest BCUT2D eigenvalue weighted by Crippen LogP contribution is -2.39. The van der Waals surface area contributed by atoms with Crippen molar-refractivity contribution in [3.8, 4) is 0 Å². The number of hydrogen-bond acceptors (Lipinski definition) is 3. The van der Waals surface area contributed by atoms with Crippen LogP contribution >= 0.6 is 22.9 Å². The molecule has 0 aliphatic carbocycles. The molecule has 2 N–H and O–H groups in total. The van der Waals surface area contributed by atoms with Crippen LogP contribution in [0.2, 0.25) is 5.02 Å². The molecule has 0 radical (unpaired) electrons. The minimum atomic E-state index is -0.00487. The number of aryl methyl sites for hydroxylation is 1. The van der Waals surface area contributed by atoms with Crippen LogP contribution in [0.15, 0.2) is 24.8 Å². The standard InChI is InChI=1S/C19H21ClN2OS/c1-4-12(5-2)13-8-11(3)18(20)19-17(13)14-10-22(16(23)9-21)7-6-15(14)24-19/h4-5,8H,1,6-7,9-10,21H2,2-3H3/b12-5+. The summed E-state index contributed by atoms with van der Waals surface area (Å²) in [7, 11) is 0. The van der Waals surface area contributed by atoms with E-state index in [1.807, 2.05) is 24.8 Å². The minimum absolute atomic E-state index is 0.00487. The van der Waals surface area contributed by atoms with Gasteiger partial charge < -0.3 is 10.6 Å². The smallest absolute Gasteiger partial charge is 0.236 e. The molecule has 0 spiro atoms. The highest BCUT2D eigenvalue weighted by molar-refractivity contribution is 7.20. The van der Waals surface area contributed by atoms with Crippen LogP contribution in [0.25, 0.3) is 15.7 Å². The predicted octanol–water partition coefficient (Wildman–Crippen LogP) is 4.30. The molecule has 1 aliphatic rings. The van der Waals surface area contributed by atoms with E-state index in [9.17, 15) is 4.79 Å². The number of nitrogens with zero attached hydrogens (tertiary/aromatic N) is 1. The van der Waals surface area contributed by atoms with Crippen molar-refractivity contribution < 1.29 is 4.79 Å². The van der Waals surface area contributed by atoms with Crippen molar-refractivity contribution in [1.29, 1.82) is 0 Å². The molecular formula is C19H21ClN2OS. The lowest BCUT2D eigenvalue weighted by molar-refractivity contribution is -0.130. The number of thiophene rings is 1. The molecule has 1 aromatic carbocycles. The third-order valence-corrected chi connectivity index (χ3v) is 6.50. The molecule has 2 heterocycles. The van der Waals surface area contributed by atoms with Gasteiger partial charge in [0, 0.05) is 23.4 Å². The topological polar surface area (TPSA) is 46.3 Å². The van der Waals surface area contributed by atoms with Gasteiger partial charge in [0.2, 0.25) is 5.91 Å². The summed E-state index contributed by atoms with van der Waals surface area (Å²) in [6.45, 7) is 9.36.